The van der Waals surface area contributed by atoms with Gasteiger partial charge < -0.3 is 10.6 Å². The molecule has 3 heteroatoms. The van der Waals surface area contributed by atoms with Gasteiger partial charge in [0.25, 0.3) is 5.91 Å². The van der Waals surface area contributed by atoms with Crippen molar-refractivity contribution in [2.75, 3.05) is 18.8 Å². The van der Waals surface area contributed by atoms with Crippen LogP contribution in [-0.2, 0) is 0 Å². The van der Waals surface area contributed by atoms with Crippen molar-refractivity contribution in [3.8, 4) is 0 Å². The zero-order valence-electron chi connectivity index (χ0n) is 12.4. The Balaban J connectivity index is 2.84. The number of rotatable bonds is 7. The van der Waals surface area contributed by atoms with Gasteiger partial charge in [-0.15, -0.1) is 0 Å². The molecule has 0 unspecified atom stereocenters. The van der Waals surface area contributed by atoms with Crippen molar-refractivity contribution < 1.29 is 4.79 Å². The molecule has 0 aliphatic rings. The number of nitrogens with zero attached hydrogens (tertiary/aromatic N) is 1. The van der Waals surface area contributed by atoms with Gasteiger partial charge in [-0.05, 0) is 43.5 Å². The normalized spacial score (nSPS) is 10.5. The molecule has 0 heterocycles. The first-order chi connectivity index (χ1) is 9.08. The fourth-order valence-electron chi connectivity index (χ4n) is 2.13. The number of nitrogens with two attached hydrogens (primary N) is 1. The largest absolute Gasteiger partial charge is 0.399 e. The minimum atomic E-state index is 0.109. The van der Waals surface area contributed by atoms with Gasteiger partial charge in [0.1, 0.15) is 0 Å². The number of unbranched alkanes of at least 4 members (excludes halogenated alkanes) is 2. The standard InChI is InChI=1S/C16H26N2O/c1-4-6-8-18(9-7-5-2)16(19)14-10-13(3)11-15(17)12-14/h10-12H,4-9,17H2,1-3H3. The van der Waals surface area contributed by atoms with Crippen LogP contribution >= 0.6 is 0 Å². The molecule has 0 radical (unpaired) electrons. The first-order valence-corrected chi connectivity index (χ1v) is 7.25. The quantitative estimate of drug-likeness (QED) is 0.763. The zero-order valence-corrected chi connectivity index (χ0v) is 12.4. The van der Waals surface area contributed by atoms with Crippen LogP contribution in [0.3, 0.4) is 0 Å². The van der Waals surface area contributed by atoms with Crippen molar-refractivity contribution >= 4 is 11.6 Å². The minimum absolute atomic E-state index is 0.109. The van der Waals surface area contributed by atoms with Crippen molar-refractivity contribution in [3.63, 3.8) is 0 Å². The van der Waals surface area contributed by atoms with E-state index in [1.54, 1.807) is 6.07 Å². The Hall–Kier alpha value is -1.51. The number of carbonyl (C=O) groups excluding carboxylic acids is 1. The summed E-state index contributed by atoms with van der Waals surface area (Å²) < 4.78 is 0. The van der Waals surface area contributed by atoms with Crippen LogP contribution in [0.2, 0.25) is 0 Å². The molecule has 0 bridgehead atoms. The Bertz CT molecular complexity index is 387. The van der Waals surface area contributed by atoms with Gasteiger partial charge in [-0.1, -0.05) is 26.7 Å². The number of benzene rings is 1. The highest BCUT2D eigenvalue weighted by Crippen LogP contribution is 2.14. The van der Waals surface area contributed by atoms with E-state index in [4.69, 9.17) is 5.73 Å². The lowest BCUT2D eigenvalue weighted by Crippen LogP contribution is -2.33. The molecule has 3 nitrogen and oxygen atoms in total. The van der Waals surface area contributed by atoms with Crippen LogP contribution in [0.15, 0.2) is 18.2 Å². The van der Waals surface area contributed by atoms with E-state index >= 15 is 0 Å². The Morgan fingerprint density at radius 1 is 1.11 bits per heavy atom. The number of amides is 1. The molecule has 0 saturated heterocycles. The lowest BCUT2D eigenvalue weighted by molar-refractivity contribution is 0.0751. The summed E-state index contributed by atoms with van der Waals surface area (Å²) in [6, 6.07) is 5.59. The second-order valence-electron chi connectivity index (χ2n) is 5.13. The van der Waals surface area contributed by atoms with E-state index in [9.17, 15) is 4.79 Å². The van der Waals surface area contributed by atoms with Crippen LogP contribution in [0.25, 0.3) is 0 Å². The topological polar surface area (TPSA) is 46.3 Å². The van der Waals surface area contributed by atoms with E-state index in [1.165, 1.54) is 0 Å². The molecule has 2 N–H and O–H groups in total. The van der Waals surface area contributed by atoms with Crippen molar-refractivity contribution in [3.05, 3.63) is 29.3 Å². The molecule has 0 atom stereocenters. The molecule has 0 aliphatic heterocycles. The van der Waals surface area contributed by atoms with E-state index in [0.29, 0.717) is 11.3 Å². The molecule has 0 saturated carbocycles. The van der Waals surface area contributed by atoms with E-state index in [1.807, 2.05) is 24.0 Å². The van der Waals surface area contributed by atoms with Gasteiger partial charge in [-0.2, -0.15) is 0 Å². The highest BCUT2D eigenvalue weighted by Gasteiger charge is 2.15. The smallest absolute Gasteiger partial charge is 0.253 e. The van der Waals surface area contributed by atoms with Crippen LogP contribution in [-0.4, -0.2) is 23.9 Å². The second kappa shape index (κ2) is 7.82. The maximum absolute atomic E-state index is 12.5. The lowest BCUT2D eigenvalue weighted by Gasteiger charge is -2.23. The molecule has 0 aliphatic carbocycles. The molecule has 0 spiro atoms. The van der Waals surface area contributed by atoms with Crippen LogP contribution in [0.4, 0.5) is 5.69 Å². The number of aryl methyl sites for hydroxylation is 1. The molecule has 0 fully saturated rings. The number of hydrogen-bond donors (Lipinski definition) is 1. The van der Waals surface area contributed by atoms with Crippen LogP contribution in [0.1, 0.15) is 55.5 Å². The van der Waals surface area contributed by atoms with Gasteiger partial charge >= 0.3 is 0 Å². The van der Waals surface area contributed by atoms with E-state index in [0.717, 1.165) is 44.3 Å². The monoisotopic (exact) mass is 262 g/mol. The number of nitrogen functional groups attached to an aromatic ring is 1. The Kier molecular flexibility index (Phi) is 6.40. The highest BCUT2D eigenvalue weighted by atomic mass is 16.2. The fourth-order valence-corrected chi connectivity index (χ4v) is 2.13. The summed E-state index contributed by atoms with van der Waals surface area (Å²) in [6.07, 6.45) is 4.31. The molecule has 1 amide bonds. The van der Waals surface area contributed by atoms with Gasteiger partial charge in [0.2, 0.25) is 0 Å². The lowest BCUT2D eigenvalue weighted by atomic mass is 10.1. The molecular formula is C16H26N2O. The van der Waals surface area contributed by atoms with Gasteiger partial charge in [-0.25, -0.2) is 0 Å². The van der Waals surface area contributed by atoms with E-state index in [-0.39, 0.29) is 5.91 Å². The first-order valence-electron chi connectivity index (χ1n) is 7.25. The zero-order chi connectivity index (χ0) is 14.3. The first kappa shape index (κ1) is 15.5. The Labute approximate surface area is 116 Å². The third kappa shape index (κ3) is 4.93. The molecule has 1 rings (SSSR count). The van der Waals surface area contributed by atoms with Gasteiger partial charge in [-0.3, -0.25) is 4.79 Å². The fraction of sp³-hybridized carbons (Fsp3) is 0.562. The average Bonchev–Trinajstić information content (AvgIpc) is 2.37. The predicted molar refractivity (Wildman–Crippen MR) is 81.3 cm³/mol. The summed E-state index contributed by atoms with van der Waals surface area (Å²) in [4.78, 5) is 14.5. The molecule has 1 aromatic rings. The number of anilines is 1. The molecule has 1 aromatic carbocycles. The molecular weight excluding hydrogens is 236 g/mol. The third-order valence-corrected chi connectivity index (χ3v) is 3.20. The minimum Gasteiger partial charge on any atom is -0.399 e. The van der Waals surface area contributed by atoms with Gasteiger partial charge in [0.15, 0.2) is 0 Å². The van der Waals surface area contributed by atoms with E-state index in [2.05, 4.69) is 13.8 Å². The Morgan fingerprint density at radius 3 is 2.16 bits per heavy atom. The van der Waals surface area contributed by atoms with E-state index < -0.39 is 0 Å². The molecule has 106 valence electrons. The Morgan fingerprint density at radius 2 is 1.68 bits per heavy atom. The van der Waals surface area contributed by atoms with Crippen LogP contribution in [0.5, 0.6) is 0 Å². The predicted octanol–water partition coefficient (Wildman–Crippen LogP) is 3.62. The summed E-state index contributed by atoms with van der Waals surface area (Å²) in [5.74, 6) is 0.109. The maximum atomic E-state index is 12.5. The highest BCUT2D eigenvalue weighted by molar-refractivity contribution is 5.95. The summed E-state index contributed by atoms with van der Waals surface area (Å²) >= 11 is 0. The van der Waals surface area contributed by atoms with Gasteiger partial charge in [0, 0.05) is 24.3 Å². The molecule has 0 aromatic heterocycles. The molecule has 19 heavy (non-hydrogen) atoms. The van der Waals surface area contributed by atoms with Crippen LogP contribution < -0.4 is 5.73 Å². The average molecular weight is 262 g/mol. The second-order valence-corrected chi connectivity index (χ2v) is 5.13. The van der Waals surface area contributed by atoms with Crippen LogP contribution in [0, 0.1) is 6.92 Å². The number of carbonyl (C=O) groups is 1. The summed E-state index contributed by atoms with van der Waals surface area (Å²) in [5.41, 5.74) is 8.24. The maximum Gasteiger partial charge on any atom is 0.253 e. The van der Waals surface area contributed by atoms with Crippen molar-refractivity contribution in [1.29, 1.82) is 0 Å². The summed E-state index contributed by atoms with van der Waals surface area (Å²) in [7, 11) is 0. The third-order valence-electron chi connectivity index (χ3n) is 3.20. The summed E-state index contributed by atoms with van der Waals surface area (Å²) in [6.45, 7) is 7.93. The van der Waals surface area contributed by atoms with Crippen molar-refractivity contribution in [2.24, 2.45) is 0 Å². The number of hydrogen-bond acceptors (Lipinski definition) is 2. The van der Waals surface area contributed by atoms with Gasteiger partial charge in [0.05, 0.1) is 0 Å². The summed E-state index contributed by atoms with van der Waals surface area (Å²) in [5, 5.41) is 0. The SMILES string of the molecule is CCCCN(CCCC)C(=O)c1cc(C)cc(N)c1. The van der Waals surface area contributed by atoms with Crippen molar-refractivity contribution in [1.82, 2.24) is 4.90 Å². The van der Waals surface area contributed by atoms with Crippen molar-refractivity contribution in [2.45, 2.75) is 46.5 Å².